The summed E-state index contributed by atoms with van der Waals surface area (Å²) in [6.45, 7) is 1.66. The largest absolute Gasteiger partial charge is 0.462 e. The lowest BCUT2D eigenvalue weighted by atomic mass is 10.0. The van der Waals surface area contributed by atoms with Gasteiger partial charge in [0.05, 0.1) is 23.9 Å². The Hall–Kier alpha value is -5.32. The smallest absolute Gasteiger partial charge is 0.319 e. The Bertz CT molecular complexity index is 2140. The van der Waals surface area contributed by atoms with E-state index in [0.29, 0.717) is 33.8 Å². The third-order valence-electron chi connectivity index (χ3n) is 9.24. The summed E-state index contributed by atoms with van der Waals surface area (Å²) in [5.41, 5.74) is 0.593. The first-order valence-corrected chi connectivity index (χ1v) is 16.6. The molecule has 2 aliphatic heterocycles. The van der Waals surface area contributed by atoms with E-state index in [1.807, 2.05) is 36.2 Å². The van der Waals surface area contributed by atoms with Gasteiger partial charge in [0.1, 0.15) is 23.6 Å². The Balaban J connectivity index is 1.27. The second-order valence-corrected chi connectivity index (χ2v) is 12.7. The van der Waals surface area contributed by atoms with E-state index in [-0.39, 0.29) is 55.1 Å². The molecule has 2 aromatic carbocycles. The molecule has 0 aliphatic carbocycles. The van der Waals surface area contributed by atoms with Crippen LogP contribution in [-0.2, 0) is 4.79 Å². The molecule has 0 radical (unpaired) electrons. The molecular weight excluding hydrogens is 664 g/mol. The lowest BCUT2D eigenvalue weighted by Gasteiger charge is -2.41. The van der Waals surface area contributed by atoms with Crippen LogP contribution in [0, 0.1) is 17.1 Å². The molecule has 2 unspecified atom stereocenters. The zero-order valence-electron chi connectivity index (χ0n) is 27.1. The minimum Gasteiger partial charge on any atom is -0.462 e. The van der Waals surface area contributed by atoms with E-state index in [0.717, 1.165) is 30.8 Å². The average molecular weight is 696 g/mol. The number of rotatable bonds is 8. The maximum atomic E-state index is 16.7. The molecule has 50 heavy (non-hydrogen) atoms. The second kappa shape index (κ2) is 14.3. The number of nitriles is 1. The van der Waals surface area contributed by atoms with Crippen LogP contribution in [0.5, 0.6) is 6.01 Å². The minimum atomic E-state index is -1.04. The monoisotopic (exact) mass is 695 g/mol. The molecule has 5 heterocycles. The number of likely N-dealkylation sites (tertiary alicyclic amines) is 1. The Labute approximate surface area is 291 Å². The number of amides is 1. The summed E-state index contributed by atoms with van der Waals surface area (Å²) in [6.07, 6.45) is 7.31. The number of carbonyl (C=O) groups excluding carboxylic acids is 1. The van der Waals surface area contributed by atoms with Gasteiger partial charge < -0.3 is 19.4 Å². The van der Waals surface area contributed by atoms with Crippen LogP contribution in [0.4, 0.5) is 14.6 Å². The first-order valence-electron chi connectivity index (χ1n) is 16.3. The zero-order chi connectivity index (χ0) is 34.8. The van der Waals surface area contributed by atoms with Crippen molar-refractivity contribution >= 4 is 51.1 Å². The highest BCUT2D eigenvalue weighted by atomic mass is 35.5. The SMILES string of the molecule is CN1CCCC1COc1nc(N2CCN(C(=O)/C(F)=C/c3ncccn3)C(CC#N)C2)c2cnc(-c3cccc4cccc(Cl)c34)c(F)c2n1. The number of fused-ring (bicyclic) bond motifs is 2. The molecule has 2 aliphatic rings. The molecular formula is C36H32ClF2N9O2. The Morgan fingerprint density at radius 1 is 1.08 bits per heavy atom. The van der Waals surface area contributed by atoms with Crippen LogP contribution in [-0.4, -0.2) is 92.5 Å². The van der Waals surface area contributed by atoms with E-state index in [2.05, 4.69) is 30.9 Å². The van der Waals surface area contributed by atoms with Gasteiger partial charge >= 0.3 is 6.01 Å². The fourth-order valence-electron chi connectivity index (χ4n) is 6.66. The van der Waals surface area contributed by atoms with Crippen molar-refractivity contribution in [1.82, 2.24) is 34.7 Å². The van der Waals surface area contributed by atoms with Crippen LogP contribution >= 0.6 is 11.6 Å². The average Bonchev–Trinajstić information content (AvgIpc) is 3.55. The molecule has 3 aromatic heterocycles. The van der Waals surface area contributed by atoms with E-state index in [4.69, 9.17) is 21.3 Å². The summed E-state index contributed by atoms with van der Waals surface area (Å²) in [6, 6.07) is 14.1. The molecule has 1 amide bonds. The van der Waals surface area contributed by atoms with Gasteiger partial charge in [0, 0.05) is 66.3 Å². The fourth-order valence-corrected chi connectivity index (χ4v) is 6.94. The van der Waals surface area contributed by atoms with Crippen LogP contribution in [0.3, 0.4) is 0 Å². The minimum absolute atomic E-state index is 0.00557. The molecule has 2 fully saturated rings. The summed E-state index contributed by atoms with van der Waals surface area (Å²) in [5.74, 6) is -2.19. The predicted octanol–water partition coefficient (Wildman–Crippen LogP) is 5.84. The number of hydrogen-bond donors (Lipinski definition) is 0. The highest BCUT2D eigenvalue weighted by Crippen LogP contribution is 2.38. The van der Waals surface area contributed by atoms with Gasteiger partial charge in [-0.3, -0.25) is 9.78 Å². The van der Waals surface area contributed by atoms with E-state index >= 15 is 8.78 Å². The summed E-state index contributed by atoms with van der Waals surface area (Å²) in [4.78, 5) is 40.4. The van der Waals surface area contributed by atoms with Crippen molar-refractivity contribution in [2.45, 2.75) is 31.3 Å². The number of likely N-dealkylation sites (N-methyl/N-ethyl adjacent to an activating group) is 1. The maximum Gasteiger partial charge on any atom is 0.319 e. The lowest BCUT2D eigenvalue weighted by Crippen LogP contribution is -2.55. The molecule has 0 bridgehead atoms. The fraction of sp³-hybridized carbons (Fsp3) is 0.306. The van der Waals surface area contributed by atoms with E-state index < -0.39 is 23.6 Å². The second-order valence-electron chi connectivity index (χ2n) is 12.3. The highest BCUT2D eigenvalue weighted by molar-refractivity contribution is 6.36. The van der Waals surface area contributed by atoms with E-state index in [1.54, 1.807) is 18.2 Å². The Morgan fingerprint density at radius 2 is 1.88 bits per heavy atom. The van der Waals surface area contributed by atoms with Gasteiger partial charge in [-0.25, -0.2) is 18.7 Å². The van der Waals surface area contributed by atoms with Crippen molar-refractivity contribution in [1.29, 1.82) is 5.26 Å². The number of hydrogen-bond acceptors (Lipinski definition) is 10. The molecule has 7 rings (SSSR count). The van der Waals surface area contributed by atoms with Crippen molar-refractivity contribution < 1.29 is 18.3 Å². The van der Waals surface area contributed by atoms with E-state index in [9.17, 15) is 10.1 Å². The molecule has 2 saturated heterocycles. The van der Waals surface area contributed by atoms with Gasteiger partial charge in [-0.2, -0.15) is 15.2 Å². The number of benzene rings is 2. The van der Waals surface area contributed by atoms with Crippen molar-refractivity contribution in [3.05, 3.63) is 83.5 Å². The first-order chi connectivity index (χ1) is 24.3. The number of pyridine rings is 1. The lowest BCUT2D eigenvalue weighted by molar-refractivity contribution is -0.131. The summed E-state index contributed by atoms with van der Waals surface area (Å²) >= 11 is 6.59. The highest BCUT2D eigenvalue weighted by Gasteiger charge is 2.34. The molecule has 0 saturated carbocycles. The van der Waals surface area contributed by atoms with Gasteiger partial charge in [0.2, 0.25) is 0 Å². The van der Waals surface area contributed by atoms with Crippen LogP contribution in [0.1, 0.15) is 25.1 Å². The van der Waals surface area contributed by atoms with Crippen molar-refractivity contribution in [3.8, 4) is 23.3 Å². The van der Waals surface area contributed by atoms with Gasteiger partial charge in [-0.1, -0.05) is 41.9 Å². The van der Waals surface area contributed by atoms with Gasteiger partial charge in [-0.15, -0.1) is 0 Å². The maximum absolute atomic E-state index is 16.7. The predicted molar refractivity (Wildman–Crippen MR) is 185 cm³/mol. The Kier molecular flexibility index (Phi) is 9.47. The number of ether oxygens (including phenoxy) is 1. The number of piperazine rings is 1. The van der Waals surface area contributed by atoms with Crippen LogP contribution < -0.4 is 9.64 Å². The quantitative estimate of drug-likeness (QED) is 0.183. The number of aromatic nitrogens is 5. The van der Waals surface area contributed by atoms with Gasteiger partial charge in [-0.05, 0) is 44.0 Å². The van der Waals surface area contributed by atoms with Crippen LogP contribution in [0.25, 0.3) is 39.0 Å². The normalized spacial score (nSPS) is 18.5. The molecule has 0 spiro atoms. The molecule has 254 valence electrons. The van der Waals surface area contributed by atoms with Crippen molar-refractivity contribution in [2.75, 3.05) is 44.7 Å². The summed E-state index contributed by atoms with van der Waals surface area (Å²) in [5, 5.41) is 12.0. The molecule has 2 atom stereocenters. The number of halogens is 3. The molecule has 14 heteroatoms. The third kappa shape index (κ3) is 6.51. The topological polar surface area (TPSA) is 124 Å². The van der Waals surface area contributed by atoms with Crippen LogP contribution in [0.2, 0.25) is 5.02 Å². The Morgan fingerprint density at radius 3 is 2.64 bits per heavy atom. The van der Waals surface area contributed by atoms with Gasteiger partial charge in [0.15, 0.2) is 17.5 Å². The molecule has 0 N–H and O–H groups in total. The van der Waals surface area contributed by atoms with Gasteiger partial charge in [0.25, 0.3) is 5.91 Å². The number of nitrogens with zero attached hydrogens (tertiary/aromatic N) is 9. The molecule has 11 nitrogen and oxygen atoms in total. The first kappa shape index (κ1) is 33.2. The van der Waals surface area contributed by atoms with Crippen molar-refractivity contribution in [3.63, 3.8) is 0 Å². The third-order valence-corrected chi connectivity index (χ3v) is 9.56. The van der Waals surface area contributed by atoms with E-state index in [1.165, 1.54) is 23.5 Å². The van der Waals surface area contributed by atoms with Crippen LogP contribution in [0.15, 0.2) is 66.9 Å². The summed E-state index contributed by atoms with van der Waals surface area (Å²) < 4.78 is 38.0. The zero-order valence-corrected chi connectivity index (χ0v) is 27.9. The number of carbonyl (C=O) groups is 1. The molecule has 5 aromatic rings. The summed E-state index contributed by atoms with van der Waals surface area (Å²) in [7, 11) is 2.03. The number of anilines is 1. The standard InChI is InChI=1S/C36H32ClF2N9O2/c1-46-15-4-8-24(46)21-50-36-44-33-26(19-43-32(31(33)39)25-9-2-6-22-7-3-10-27(37)30(22)25)34(45-36)47-16-17-48(23(20-47)11-12-40)35(49)28(38)18-29-41-13-5-14-42-29/h2-3,5-7,9-10,13-14,18-19,23-24H,4,8,11,15-17,20-21H2,1H3/b28-18-. The van der Waals surface area contributed by atoms with Crippen molar-refractivity contribution in [2.24, 2.45) is 0 Å².